The summed E-state index contributed by atoms with van der Waals surface area (Å²) in [4.78, 5) is 27.1. The predicted octanol–water partition coefficient (Wildman–Crippen LogP) is 2.12. The zero-order valence-corrected chi connectivity index (χ0v) is 14.1. The fraction of sp³-hybridized carbons (Fsp3) is 0.474. The second kappa shape index (κ2) is 7.27. The third kappa shape index (κ3) is 3.85. The molecule has 2 aromatic rings. The summed E-state index contributed by atoms with van der Waals surface area (Å²) in [5.74, 6) is 0.649. The van der Waals surface area contributed by atoms with Crippen molar-refractivity contribution < 1.29 is 9.53 Å². The molecule has 130 valence electrons. The number of hydrogen-bond donors (Lipinski definition) is 0. The van der Waals surface area contributed by atoms with Gasteiger partial charge in [0, 0.05) is 37.9 Å². The van der Waals surface area contributed by atoms with Gasteiger partial charge in [-0.3, -0.25) is 14.8 Å². The van der Waals surface area contributed by atoms with Crippen LogP contribution in [0.15, 0.2) is 43.1 Å². The van der Waals surface area contributed by atoms with Gasteiger partial charge in [0.15, 0.2) is 0 Å². The van der Waals surface area contributed by atoms with Crippen LogP contribution in [0.1, 0.15) is 35.3 Å². The Hall–Kier alpha value is -2.34. The highest BCUT2D eigenvalue weighted by Crippen LogP contribution is 2.32. The summed E-state index contributed by atoms with van der Waals surface area (Å²) >= 11 is 0. The molecule has 0 radical (unpaired) electrons. The van der Waals surface area contributed by atoms with Gasteiger partial charge in [0.25, 0.3) is 5.91 Å². The van der Waals surface area contributed by atoms with Crippen molar-refractivity contribution in [2.45, 2.75) is 37.8 Å². The van der Waals surface area contributed by atoms with Gasteiger partial charge in [-0.1, -0.05) is 0 Å². The largest absolute Gasteiger partial charge is 0.376 e. The number of carbonyl (C=O) groups is 1. The maximum atomic E-state index is 12.9. The highest BCUT2D eigenvalue weighted by atomic mass is 16.5. The molecule has 1 aliphatic carbocycles. The number of ether oxygens (including phenoxy) is 1. The van der Waals surface area contributed by atoms with E-state index >= 15 is 0 Å². The molecule has 1 aliphatic heterocycles. The van der Waals surface area contributed by atoms with Crippen LogP contribution in [-0.2, 0) is 11.2 Å². The molecule has 25 heavy (non-hydrogen) atoms. The molecule has 4 rings (SSSR count). The van der Waals surface area contributed by atoms with Gasteiger partial charge < -0.3 is 9.64 Å². The third-order valence-corrected chi connectivity index (χ3v) is 4.96. The minimum atomic E-state index is -0.0651. The molecule has 1 saturated heterocycles. The number of likely N-dealkylation sites (tertiary alicyclic amines) is 1. The van der Waals surface area contributed by atoms with Crippen molar-refractivity contribution in [1.82, 2.24) is 19.9 Å². The van der Waals surface area contributed by atoms with Gasteiger partial charge in [-0.15, -0.1) is 0 Å². The van der Waals surface area contributed by atoms with E-state index in [1.54, 1.807) is 24.8 Å². The van der Waals surface area contributed by atoms with E-state index in [0.29, 0.717) is 18.2 Å². The van der Waals surface area contributed by atoms with Crippen molar-refractivity contribution in [2.75, 3.05) is 13.2 Å². The Labute approximate surface area is 147 Å². The summed E-state index contributed by atoms with van der Waals surface area (Å²) < 4.78 is 6.18. The van der Waals surface area contributed by atoms with Crippen molar-refractivity contribution >= 4 is 5.91 Å². The van der Waals surface area contributed by atoms with Crippen LogP contribution in [0.5, 0.6) is 0 Å². The second-order valence-corrected chi connectivity index (χ2v) is 6.82. The zero-order valence-electron chi connectivity index (χ0n) is 14.1. The molecule has 6 heteroatoms. The van der Waals surface area contributed by atoms with E-state index < -0.39 is 0 Å². The van der Waals surface area contributed by atoms with Gasteiger partial charge in [-0.2, -0.15) is 0 Å². The Morgan fingerprint density at radius 1 is 1.12 bits per heavy atom. The highest BCUT2D eigenvalue weighted by molar-refractivity contribution is 5.92. The summed E-state index contributed by atoms with van der Waals surface area (Å²) in [5, 5.41) is 0. The molecule has 1 saturated carbocycles. The number of nitrogens with zero attached hydrogens (tertiary/aromatic N) is 4. The molecule has 2 fully saturated rings. The van der Waals surface area contributed by atoms with Gasteiger partial charge in [-0.05, 0) is 49.3 Å². The maximum absolute atomic E-state index is 12.9. The van der Waals surface area contributed by atoms with Gasteiger partial charge in [-0.25, -0.2) is 4.98 Å². The Bertz CT molecular complexity index is 706. The first-order chi connectivity index (χ1) is 12.3. The normalized spacial score (nSPS) is 23.0. The van der Waals surface area contributed by atoms with Crippen molar-refractivity contribution in [3.8, 4) is 0 Å². The van der Waals surface area contributed by atoms with Crippen LogP contribution in [0.2, 0.25) is 0 Å². The second-order valence-electron chi connectivity index (χ2n) is 6.82. The molecular weight excluding hydrogens is 316 g/mol. The summed E-state index contributed by atoms with van der Waals surface area (Å²) in [6.45, 7) is 1.51. The lowest BCUT2D eigenvalue weighted by molar-refractivity contribution is 0.0198. The smallest absolute Gasteiger partial charge is 0.274 e. The first-order valence-corrected chi connectivity index (χ1v) is 8.89. The number of amides is 1. The number of carbonyl (C=O) groups excluding carboxylic acids is 1. The Balaban J connectivity index is 1.52. The van der Waals surface area contributed by atoms with Crippen LogP contribution < -0.4 is 0 Å². The summed E-state index contributed by atoms with van der Waals surface area (Å²) in [6.07, 6.45) is 12.5. The van der Waals surface area contributed by atoms with Crippen LogP contribution in [0.3, 0.4) is 0 Å². The minimum Gasteiger partial charge on any atom is -0.376 e. The van der Waals surface area contributed by atoms with Gasteiger partial charge >= 0.3 is 0 Å². The van der Waals surface area contributed by atoms with Gasteiger partial charge in [0.2, 0.25) is 0 Å². The van der Waals surface area contributed by atoms with E-state index in [4.69, 9.17) is 4.74 Å². The topological polar surface area (TPSA) is 68.2 Å². The molecule has 2 aliphatic rings. The van der Waals surface area contributed by atoms with E-state index in [2.05, 4.69) is 15.0 Å². The fourth-order valence-electron chi connectivity index (χ4n) is 3.37. The van der Waals surface area contributed by atoms with Crippen molar-refractivity contribution in [3.63, 3.8) is 0 Å². The summed E-state index contributed by atoms with van der Waals surface area (Å²) in [7, 11) is 0. The number of rotatable bonds is 6. The Morgan fingerprint density at radius 3 is 2.68 bits per heavy atom. The highest BCUT2D eigenvalue weighted by Gasteiger charge is 2.39. The number of hydrogen-bond acceptors (Lipinski definition) is 5. The van der Waals surface area contributed by atoms with Crippen molar-refractivity contribution in [2.24, 2.45) is 5.92 Å². The van der Waals surface area contributed by atoms with E-state index in [0.717, 1.165) is 19.4 Å². The molecule has 0 bridgehead atoms. The SMILES string of the molecule is O=C(c1cnccn1)N1CC[C@@H](OCC2CC2)[C@H]1Cc1ccncc1. The molecular formula is C19H22N4O2. The Morgan fingerprint density at radius 2 is 1.96 bits per heavy atom. The molecule has 0 unspecified atom stereocenters. The summed E-state index contributed by atoms with van der Waals surface area (Å²) in [6, 6.07) is 4.03. The first-order valence-electron chi connectivity index (χ1n) is 8.89. The number of aromatic nitrogens is 3. The van der Waals surface area contributed by atoms with Crippen molar-refractivity contribution in [3.05, 3.63) is 54.4 Å². The molecule has 3 heterocycles. The minimum absolute atomic E-state index is 0.0238. The quantitative estimate of drug-likeness (QED) is 0.807. The molecule has 2 atom stereocenters. The van der Waals surface area contributed by atoms with Crippen LogP contribution >= 0.6 is 0 Å². The average molecular weight is 338 g/mol. The van der Waals surface area contributed by atoms with Crippen molar-refractivity contribution in [1.29, 1.82) is 0 Å². The van der Waals surface area contributed by atoms with E-state index in [-0.39, 0.29) is 18.1 Å². The maximum Gasteiger partial charge on any atom is 0.274 e. The third-order valence-electron chi connectivity index (χ3n) is 4.96. The van der Waals surface area contributed by atoms with Gasteiger partial charge in [0.05, 0.1) is 18.3 Å². The average Bonchev–Trinajstić information content (AvgIpc) is 3.42. The van der Waals surface area contributed by atoms with E-state index in [1.807, 2.05) is 17.0 Å². The van der Waals surface area contributed by atoms with Gasteiger partial charge in [0.1, 0.15) is 5.69 Å². The lowest BCUT2D eigenvalue weighted by atomic mass is 10.0. The molecule has 0 spiro atoms. The lowest BCUT2D eigenvalue weighted by Gasteiger charge is -2.28. The molecule has 0 aromatic carbocycles. The molecule has 0 N–H and O–H groups in total. The number of pyridine rings is 1. The van der Waals surface area contributed by atoms with E-state index in [1.165, 1.54) is 24.6 Å². The summed E-state index contributed by atoms with van der Waals surface area (Å²) in [5.41, 5.74) is 1.56. The van der Waals surface area contributed by atoms with Crippen LogP contribution in [0.25, 0.3) is 0 Å². The van der Waals surface area contributed by atoms with Crippen LogP contribution in [0.4, 0.5) is 0 Å². The van der Waals surface area contributed by atoms with E-state index in [9.17, 15) is 4.79 Å². The standard InChI is InChI=1S/C19H22N4O2/c24-19(16-12-21-8-9-22-16)23-10-5-18(25-13-15-1-2-15)17(23)11-14-3-6-20-7-4-14/h3-4,6-9,12,15,17-18H,1-2,5,10-11,13H2/t17-,18-/m1/s1. The monoisotopic (exact) mass is 338 g/mol. The van der Waals surface area contributed by atoms with Crippen LogP contribution in [0, 0.1) is 5.92 Å². The molecule has 1 amide bonds. The fourth-order valence-corrected chi connectivity index (χ4v) is 3.37. The Kier molecular flexibility index (Phi) is 4.70. The zero-order chi connectivity index (χ0) is 17.1. The molecule has 6 nitrogen and oxygen atoms in total. The first kappa shape index (κ1) is 16.1. The molecule has 2 aromatic heterocycles. The lowest BCUT2D eigenvalue weighted by Crippen LogP contribution is -2.42. The van der Waals surface area contributed by atoms with Crippen LogP contribution in [-0.4, -0.2) is 51.1 Å². The predicted molar refractivity (Wildman–Crippen MR) is 91.9 cm³/mol.